The highest BCUT2D eigenvalue weighted by Gasteiger charge is 2.40. The predicted molar refractivity (Wildman–Crippen MR) is 150 cm³/mol. The number of rotatable bonds is 10. The number of hydrogen-bond acceptors (Lipinski definition) is 13. The lowest BCUT2D eigenvalue weighted by Gasteiger charge is -2.31. The highest BCUT2D eigenvalue weighted by Crippen LogP contribution is 2.30. The van der Waals surface area contributed by atoms with E-state index < -0.39 is 35.2 Å². The van der Waals surface area contributed by atoms with Gasteiger partial charge in [0.25, 0.3) is 12.2 Å². The SMILES string of the molecule is CCOC(=O)CC1=NC(Oc2cccc(C3=NCCN3C)c2)N(N)C(Oc2ccc(C#N)c(N(C)C)c2)=C1[N+](=O)[O-]. The van der Waals surface area contributed by atoms with E-state index in [0.717, 1.165) is 23.0 Å². The molecule has 14 heteroatoms. The van der Waals surface area contributed by atoms with E-state index in [0.29, 0.717) is 23.5 Å². The number of esters is 1. The van der Waals surface area contributed by atoms with Crippen LogP contribution in [-0.2, 0) is 9.53 Å². The zero-order valence-corrected chi connectivity index (χ0v) is 23.1. The molecule has 14 nitrogen and oxygen atoms in total. The van der Waals surface area contributed by atoms with Gasteiger partial charge in [-0.2, -0.15) is 5.26 Å². The van der Waals surface area contributed by atoms with Crippen molar-refractivity contribution >= 4 is 23.2 Å². The molecule has 0 fully saturated rings. The lowest BCUT2D eigenvalue weighted by Crippen LogP contribution is -2.49. The number of nitriles is 1. The fourth-order valence-corrected chi connectivity index (χ4v) is 4.27. The van der Waals surface area contributed by atoms with E-state index in [9.17, 15) is 20.2 Å². The molecule has 0 saturated heterocycles. The van der Waals surface area contributed by atoms with Crippen LogP contribution in [0.2, 0.25) is 0 Å². The Morgan fingerprint density at radius 3 is 2.68 bits per heavy atom. The van der Waals surface area contributed by atoms with Crippen molar-refractivity contribution in [3.05, 3.63) is 75.3 Å². The quantitative estimate of drug-likeness (QED) is 0.194. The van der Waals surface area contributed by atoms with Crippen LogP contribution in [0, 0.1) is 21.4 Å². The van der Waals surface area contributed by atoms with Gasteiger partial charge in [-0.25, -0.2) is 15.8 Å². The zero-order valence-electron chi connectivity index (χ0n) is 23.1. The van der Waals surface area contributed by atoms with Gasteiger partial charge in [0.05, 0.1) is 35.7 Å². The topological polar surface area (TPSA) is 172 Å². The van der Waals surface area contributed by atoms with Gasteiger partial charge in [-0.3, -0.25) is 19.9 Å². The number of nitro groups is 1. The Hall–Kier alpha value is -5.16. The smallest absolute Gasteiger partial charge is 0.352 e. The van der Waals surface area contributed by atoms with Crippen LogP contribution < -0.4 is 20.2 Å². The summed E-state index contributed by atoms with van der Waals surface area (Å²) in [5, 5.41) is 22.6. The minimum atomic E-state index is -1.33. The molecular weight excluding hydrogens is 532 g/mol. The maximum absolute atomic E-state index is 12.4. The van der Waals surface area contributed by atoms with Crippen molar-refractivity contribution in [3.8, 4) is 17.6 Å². The minimum Gasteiger partial charge on any atom is -0.466 e. The molecule has 0 spiro atoms. The number of aliphatic imine (C=N–C) groups is 2. The Bertz CT molecular complexity index is 1480. The third-order valence-corrected chi connectivity index (χ3v) is 6.19. The summed E-state index contributed by atoms with van der Waals surface area (Å²) in [5.41, 5.74) is 0.864. The molecule has 2 aliphatic rings. The number of hydrazine groups is 1. The van der Waals surface area contributed by atoms with E-state index in [4.69, 9.17) is 20.1 Å². The van der Waals surface area contributed by atoms with Crippen LogP contribution in [0.15, 0.2) is 64.0 Å². The summed E-state index contributed by atoms with van der Waals surface area (Å²) >= 11 is 0. The number of anilines is 1. The molecule has 214 valence electrons. The average Bonchev–Trinajstić information content (AvgIpc) is 3.37. The first kappa shape index (κ1) is 28.8. The number of likely N-dealkylation sites (N-methyl/N-ethyl adjacent to an activating group) is 1. The van der Waals surface area contributed by atoms with E-state index in [1.54, 1.807) is 50.2 Å². The van der Waals surface area contributed by atoms with E-state index >= 15 is 0 Å². The molecule has 0 saturated carbocycles. The summed E-state index contributed by atoms with van der Waals surface area (Å²) < 4.78 is 17.0. The maximum atomic E-state index is 12.4. The van der Waals surface area contributed by atoms with Crippen molar-refractivity contribution in [2.75, 3.05) is 45.7 Å². The normalized spacial score (nSPS) is 16.5. The second-order valence-electron chi connectivity index (χ2n) is 9.26. The first-order valence-electron chi connectivity index (χ1n) is 12.7. The van der Waals surface area contributed by atoms with E-state index in [-0.39, 0.29) is 18.1 Å². The van der Waals surface area contributed by atoms with Gasteiger partial charge in [0, 0.05) is 39.3 Å². The molecule has 0 aliphatic carbocycles. The summed E-state index contributed by atoms with van der Waals surface area (Å²) in [5.74, 6) is 6.55. The van der Waals surface area contributed by atoms with Gasteiger partial charge in [-0.1, -0.05) is 12.1 Å². The summed E-state index contributed by atoms with van der Waals surface area (Å²) in [6.45, 7) is 3.18. The fourth-order valence-electron chi connectivity index (χ4n) is 4.27. The number of carbonyl (C=O) groups excluding carboxylic acids is 1. The molecule has 1 unspecified atom stereocenters. The number of allylic oxidation sites excluding steroid dienone is 1. The van der Waals surface area contributed by atoms with Gasteiger partial charge >= 0.3 is 11.7 Å². The van der Waals surface area contributed by atoms with Crippen molar-refractivity contribution in [1.29, 1.82) is 5.26 Å². The summed E-state index contributed by atoms with van der Waals surface area (Å²) in [6, 6.07) is 13.8. The lowest BCUT2D eigenvalue weighted by molar-refractivity contribution is -0.420. The number of hydrogen-bond donors (Lipinski definition) is 1. The van der Waals surface area contributed by atoms with E-state index in [1.807, 2.05) is 18.0 Å². The molecule has 2 aromatic carbocycles. The molecule has 41 heavy (non-hydrogen) atoms. The van der Waals surface area contributed by atoms with E-state index in [1.165, 1.54) is 12.1 Å². The molecule has 0 aromatic heterocycles. The Morgan fingerprint density at radius 2 is 2.05 bits per heavy atom. The highest BCUT2D eigenvalue weighted by molar-refractivity contribution is 6.08. The summed E-state index contributed by atoms with van der Waals surface area (Å²) in [6.07, 6.45) is -1.84. The number of nitrogens with zero attached hydrogens (tertiary/aromatic N) is 7. The van der Waals surface area contributed by atoms with Crippen LogP contribution >= 0.6 is 0 Å². The molecule has 0 bridgehead atoms. The largest absolute Gasteiger partial charge is 0.466 e. The second kappa shape index (κ2) is 12.3. The second-order valence-corrected chi connectivity index (χ2v) is 9.26. The van der Waals surface area contributed by atoms with Crippen molar-refractivity contribution in [1.82, 2.24) is 9.91 Å². The fraction of sp³-hybridized carbons (Fsp3) is 0.333. The van der Waals surface area contributed by atoms with Crippen molar-refractivity contribution in [2.45, 2.75) is 19.7 Å². The van der Waals surface area contributed by atoms with Gasteiger partial charge in [-0.15, -0.1) is 0 Å². The van der Waals surface area contributed by atoms with Crippen LogP contribution in [0.25, 0.3) is 0 Å². The maximum Gasteiger partial charge on any atom is 0.352 e. The van der Waals surface area contributed by atoms with Crippen molar-refractivity contribution in [3.63, 3.8) is 0 Å². The van der Waals surface area contributed by atoms with Crippen LogP contribution in [0.4, 0.5) is 5.69 Å². The molecule has 2 N–H and O–H groups in total. The minimum absolute atomic E-state index is 0.0829. The molecule has 4 rings (SSSR count). The van der Waals surface area contributed by atoms with Gasteiger partial charge in [0.2, 0.25) is 0 Å². The molecule has 2 aliphatic heterocycles. The molecular formula is C27H30N8O6. The Labute approximate surface area is 236 Å². The number of amidine groups is 1. The first-order valence-corrected chi connectivity index (χ1v) is 12.7. The van der Waals surface area contributed by atoms with Crippen LogP contribution in [-0.4, -0.2) is 79.5 Å². The average molecular weight is 563 g/mol. The van der Waals surface area contributed by atoms with Crippen LogP contribution in [0.5, 0.6) is 11.5 Å². The summed E-state index contributed by atoms with van der Waals surface area (Å²) in [7, 11) is 5.43. The first-order chi connectivity index (χ1) is 19.6. The van der Waals surface area contributed by atoms with Gasteiger partial charge < -0.3 is 24.0 Å². The third-order valence-electron chi connectivity index (χ3n) is 6.19. The van der Waals surface area contributed by atoms with Crippen molar-refractivity contribution in [2.24, 2.45) is 15.8 Å². The number of nitrogens with two attached hydrogens (primary N) is 1. The monoisotopic (exact) mass is 562 g/mol. The Kier molecular flexibility index (Phi) is 8.69. The van der Waals surface area contributed by atoms with Crippen molar-refractivity contribution < 1.29 is 23.9 Å². The predicted octanol–water partition coefficient (Wildman–Crippen LogP) is 2.09. The molecule has 2 heterocycles. The number of carbonyl (C=O) groups is 1. The standard InChI is InChI=1S/C27H30N8O6/c1-5-39-23(36)15-21-24(35(37)38)26(40-20-10-9-18(16-28)22(14-20)32(2)3)34(29)27(31-21)41-19-8-6-7-17(13-19)25-30-11-12-33(25)4/h6-10,13-14,27H,5,11-12,15,29H2,1-4H3. The zero-order chi connectivity index (χ0) is 29.7. The Balaban J connectivity index is 1.74. The molecule has 1 atom stereocenters. The summed E-state index contributed by atoms with van der Waals surface area (Å²) in [4.78, 5) is 36.5. The number of ether oxygens (including phenoxy) is 3. The highest BCUT2D eigenvalue weighted by atomic mass is 16.6. The number of benzene rings is 2. The van der Waals surface area contributed by atoms with Crippen LogP contribution in [0.1, 0.15) is 24.5 Å². The van der Waals surface area contributed by atoms with Gasteiger partial charge in [0.1, 0.15) is 29.1 Å². The van der Waals surface area contributed by atoms with Gasteiger partial charge in [-0.05, 0) is 31.2 Å². The Morgan fingerprint density at radius 1 is 1.27 bits per heavy atom. The van der Waals surface area contributed by atoms with Crippen LogP contribution in [0.3, 0.4) is 0 Å². The molecule has 0 amide bonds. The molecule has 0 radical (unpaired) electrons. The molecule has 2 aromatic rings. The lowest BCUT2D eigenvalue weighted by atomic mass is 10.1. The van der Waals surface area contributed by atoms with Gasteiger partial charge in [0.15, 0.2) is 0 Å². The van der Waals surface area contributed by atoms with E-state index in [2.05, 4.69) is 16.1 Å². The third kappa shape index (κ3) is 6.36.